The summed E-state index contributed by atoms with van der Waals surface area (Å²) in [5.74, 6) is -14.3. The lowest BCUT2D eigenvalue weighted by molar-refractivity contribution is -0.144. The summed E-state index contributed by atoms with van der Waals surface area (Å²) in [7, 11) is 0. The number of benzene rings is 1. The highest BCUT2D eigenvalue weighted by Crippen LogP contribution is 2.14. The van der Waals surface area contributed by atoms with Gasteiger partial charge < -0.3 is 74.0 Å². The van der Waals surface area contributed by atoms with E-state index in [1.54, 1.807) is 39.8 Å². The van der Waals surface area contributed by atoms with Crippen molar-refractivity contribution in [1.29, 1.82) is 0 Å². The molecule has 26 heteroatoms. The number of phenols is 1. The molecule has 0 bridgehead atoms. The number of aromatic hydroxyl groups is 1. The van der Waals surface area contributed by atoms with Gasteiger partial charge >= 0.3 is 11.9 Å². The molecular weight excluding hydrogens is 937 g/mol. The summed E-state index contributed by atoms with van der Waals surface area (Å²) in [5.41, 5.74) is 5.94. The fraction of sp³-hybridized carbons (Fsp3) is 0.600. The molecule has 1 aromatic rings. The molecule has 0 spiro atoms. The normalized spacial score (nSPS) is 15.3. The molecule has 10 atom stereocenters. The summed E-state index contributed by atoms with van der Waals surface area (Å²) in [4.78, 5) is 154. The van der Waals surface area contributed by atoms with Crippen LogP contribution in [0.5, 0.6) is 5.75 Å². The van der Waals surface area contributed by atoms with Crippen molar-refractivity contribution in [3.8, 4) is 5.75 Å². The van der Waals surface area contributed by atoms with Crippen LogP contribution in [0.4, 0.5) is 0 Å². The lowest BCUT2D eigenvalue weighted by Crippen LogP contribution is -2.62. The Morgan fingerprint density at radius 1 is 0.577 bits per heavy atom. The Morgan fingerprint density at radius 2 is 1.07 bits per heavy atom. The summed E-state index contributed by atoms with van der Waals surface area (Å²) in [5, 5.41) is 60.1. The molecule has 0 aliphatic carbocycles. The Bertz CT molecular complexity index is 2080. The summed E-state index contributed by atoms with van der Waals surface area (Å²) >= 11 is 0. The van der Waals surface area contributed by atoms with Gasteiger partial charge in [-0.1, -0.05) is 60.1 Å². The van der Waals surface area contributed by atoms with Crippen molar-refractivity contribution >= 4 is 71.0 Å². The quantitative estimate of drug-likeness (QED) is 0.0356. The molecule has 15 N–H and O–H groups in total. The van der Waals surface area contributed by atoms with E-state index >= 15 is 0 Å². The van der Waals surface area contributed by atoms with Gasteiger partial charge in [-0.25, -0.2) is 4.79 Å². The predicted octanol–water partition coefficient (Wildman–Crippen LogP) is -3.47. The van der Waals surface area contributed by atoms with E-state index in [2.05, 4.69) is 47.9 Å². The number of hydrogen-bond acceptors (Lipinski definition) is 14. The molecule has 1 aromatic carbocycles. The van der Waals surface area contributed by atoms with Crippen LogP contribution in [-0.4, -0.2) is 152 Å². The Morgan fingerprint density at radius 3 is 1.55 bits per heavy atom. The standard InChI is InChI=1S/C45H70N10O16/c1-10-22(6)36(43(68)51-29(17-32(46)59)40(65)50-30(18-34(61)62)41(66)52-31(45(70)71)15-20(2)3)55-42(67)35(21(4)5)54-44(69)37(24(8)56)53-33(60)19-47-38(63)23(7)48-39(64)28(49-25(9)57)16-26-11-13-27(58)14-12-26/h11-14,20-24,28-31,35-37,56,58H,10,15-19H2,1-9H3,(H2,46,59)(H,47,63)(H,48,64)(H,49,57)(H,50,65)(H,51,68)(H,52,66)(H,53,60)(H,54,69)(H,55,67)(H,61,62)(H,70,71)/t22-,23-,24+,28-,29-,30-,31-,35-,36-,37-/m0/s1. The monoisotopic (exact) mass is 1010 g/mol. The van der Waals surface area contributed by atoms with Gasteiger partial charge in [0.1, 0.15) is 54.1 Å². The van der Waals surface area contributed by atoms with Crippen LogP contribution in [0, 0.1) is 17.8 Å². The average molecular weight is 1010 g/mol. The van der Waals surface area contributed by atoms with Gasteiger partial charge in [0.2, 0.25) is 59.1 Å². The molecule has 0 radical (unpaired) electrons. The number of aliphatic hydroxyl groups excluding tert-OH is 1. The molecule has 0 heterocycles. The van der Waals surface area contributed by atoms with Crippen molar-refractivity contribution in [2.45, 2.75) is 149 Å². The summed E-state index contributed by atoms with van der Waals surface area (Å²) < 4.78 is 0. The zero-order valence-corrected chi connectivity index (χ0v) is 41.2. The minimum Gasteiger partial charge on any atom is -0.508 e. The highest BCUT2D eigenvalue weighted by molar-refractivity contribution is 5.99. The van der Waals surface area contributed by atoms with Crippen LogP contribution in [0.3, 0.4) is 0 Å². The van der Waals surface area contributed by atoms with Crippen LogP contribution in [-0.2, 0) is 64.0 Å². The van der Waals surface area contributed by atoms with Crippen LogP contribution in [0.1, 0.15) is 93.6 Å². The first-order chi connectivity index (χ1) is 33.0. The van der Waals surface area contributed by atoms with Gasteiger partial charge in [0, 0.05) is 13.3 Å². The Hall–Kier alpha value is -7.38. The third kappa shape index (κ3) is 22.3. The first-order valence-electron chi connectivity index (χ1n) is 22.8. The molecule has 0 fully saturated rings. The number of carboxylic acids is 2. The van der Waals surface area contributed by atoms with E-state index in [-0.39, 0.29) is 30.9 Å². The molecule has 1 rings (SSSR count). The molecular formula is C45H70N10O16. The second-order valence-electron chi connectivity index (χ2n) is 17.9. The third-order valence-electron chi connectivity index (χ3n) is 10.7. The second kappa shape index (κ2) is 29.6. The van der Waals surface area contributed by atoms with Crippen LogP contribution in [0.2, 0.25) is 0 Å². The number of nitrogens with two attached hydrogens (primary N) is 1. The average Bonchev–Trinajstić information content (AvgIpc) is 3.26. The van der Waals surface area contributed by atoms with E-state index in [0.29, 0.717) is 5.56 Å². The lowest BCUT2D eigenvalue weighted by Gasteiger charge is -2.30. The molecule has 0 aliphatic heterocycles. The maximum absolute atomic E-state index is 13.9. The van der Waals surface area contributed by atoms with Crippen molar-refractivity contribution in [2.75, 3.05) is 6.54 Å². The van der Waals surface area contributed by atoms with E-state index in [1.165, 1.54) is 39.8 Å². The summed E-state index contributed by atoms with van der Waals surface area (Å²) in [6, 6.07) is -6.25. The van der Waals surface area contributed by atoms with Crippen LogP contribution < -0.4 is 53.6 Å². The summed E-state index contributed by atoms with van der Waals surface area (Å²) in [6.07, 6.45) is -3.26. The first-order valence-corrected chi connectivity index (χ1v) is 22.8. The number of aliphatic hydroxyl groups is 1. The number of primary amides is 1. The number of carbonyl (C=O) groups excluding carboxylic acids is 10. The minimum atomic E-state index is -1.88. The smallest absolute Gasteiger partial charge is 0.326 e. The molecule has 26 nitrogen and oxygen atoms in total. The van der Waals surface area contributed by atoms with Gasteiger partial charge in [0.05, 0.1) is 25.5 Å². The van der Waals surface area contributed by atoms with Gasteiger partial charge in [0.25, 0.3) is 0 Å². The SMILES string of the molecule is CC[C@H](C)[C@H](NC(=O)[C@@H](NC(=O)[C@@H](NC(=O)CNC(=O)[C@H](C)NC(=O)[C@H](Cc1ccc(O)cc1)NC(C)=O)[C@@H](C)O)C(C)C)C(=O)N[C@@H](CC(N)=O)C(=O)N[C@@H](CC(=O)O)C(=O)N[C@@H](CC(C)C)C(=O)O. The number of amides is 10. The van der Waals surface area contributed by atoms with Crippen LogP contribution >= 0.6 is 0 Å². The van der Waals surface area contributed by atoms with E-state index in [0.717, 1.165) is 6.92 Å². The number of hydrogen-bond donors (Lipinski definition) is 14. The Balaban J connectivity index is 3.15. The van der Waals surface area contributed by atoms with Crippen LogP contribution in [0.25, 0.3) is 0 Å². The number of aliphatic carboxylic acids is 2. The number of rotatable bonds is 30. The van der Waals surface area contributed by atoms with Crippen molar-refractivity contribution in [2.24, 2.45) is 23.5 Å². The second-order valence-corrected chi connectivity index (χ2v) is 17.9. The zero-order chi connectivity index (χ0) is 54.4. The van der Waals surface area contributed by atoms with Gasteiger partial charge in [-0.2, -0.15) is 0 Å². The highest BCUT2D eigenvalue weighted by atomic mass is 16.4. The Labute approximate surface area is 410 Å². The van der Waals surface area contributed by atoms with Gasteiger partial charge in [0.15, 0.2) is 0 Å². The van der Waals surface area contributed by atoms with E-state index in [1.807, 2.05) is 0 Å². The van der Waals surface area contributed by atoms with Crippen molar-refractivity contribution in [3.63, 3.8) is 0 Å². The van der Waals surface area contributed by atoms with Crippen LogP contribution in [0.15, 0.2) is 24.3 Å². The zero-order valence-electron chi connectivity index (χ0n) is 41.2. The van der Waals surface area contributed by atoms with E-state index in [9.17, 15) is 78.0 Å². The fourth-order valence-electron chi connectivity index (χ4n) is 6.67. The minimum absolute atomic E-state index is 0.0116. The van der Waals surface area contributed by atoms with Crippen molar-refractivity contribution in [3.05, 3.63) is 29.8 Å². The number of carbonyl (C=O) groups is 12. The first kappa shape index (κ1) is 61.6. The maximum atomic E-state index is 13.9. The van der Waals surface area contributed by atoms with Crippen molar-refractivity contribution < 1.29 is 78.0 Å². The maximum Gasteiger partial charge on any atom is 0.326 e. The van der Waals surface area contributed by atoms with E-state index in [4.69, 9.17) is 5.73 Å². The number of carboxylic acid groups (broad SMARTS) is 2. The number of nitrogens with one attached hydrogen (secondary N) is 9. The molecule has 0 saturated heterocycles. The lowest BCUT2D eigenvalue weighted by atomic mass is 9.95. The molecule has 0 aliphatic rings. The molecule has 0 saturated carbocycles. The number of phenolic OH excluding ortho intramolecular Hbond substituents is 1. The third-order valence-corrected chi connectivity index (χ3v) is 10.7. The molecule has 71 heavy (non-hydrogen) atoms. The highest BCUT2D eigenvalue weighted by Gasteiger charge is 2.37. The fourth-order valence-corrected chi connectivity index (χ4v) is 6.67. The largest absolute Gasteiger partial charge is 0.508 e. The predicted molar refractivity (Wildman–Crippen MR) is 251 cm³/mol. The van der Waals surface area contributed by atoms with Gasteiger partial charge in [-0.15, -0.1) is 0 Å². The summed E-state index contributed by atoms with van der Waals surface area (Å²) in [6.45, 7) is 12.5. The van der Waals surface area contributed by atoms with Gasteiger partial charge in [-0.05, 0) is 55.7 Å². The molecule has 0 aromatic heterocycles. The molecule has 10 amide bonds. The molecule has 396 valence electrons. The molecule has 0 unspecified atom stereocenters. The van der Waals surface area contributed by atoms with E-state index < -0.39 is 157 Å². The van der Waals surface area contributed by atoms with Gasteiger partial charge in [-0.3, -0.25) is 52.7 Å². The topological polar surface area (TPSA) is 420 Å². The Kier molecular flexibility index (Phi) is 25.7. The van der Waals surface area contributed by atoms with Crippen molar-refractivity contribution in [1.82, 2.24) is 47.9 Å².